The van der Waals surface area contributed by atoms with Crippen molar-refractivity contribution >= 4 is 21.4 Å². The molecule has 2 heterocycles. The Hall–Kier alpha value is -1.28. The van der Waals surface area contributed by atoms with Crippen LogP contribution >= 0.6 is 11.3 Å². The summed E-state index contributed by atoms with van der Waals surface area (Å²) in [4.78, 5) is 0. The van der Waals surface area contributed by atoms with Gasteiger partial charge in [-0.1, -0.05) is 18.2 Å². The van der Waals surface area contributed by atoms with Crippen LogP contribution in [0.1, 0.15) is 18.4 Å². The summed E-state index contributed by atoms with van der Waals surface area (Å²) in [7, 11) is -3.54. The molecule has 124 valence electrons. The lowest BCUT2D eigenvalue weighted by Crippen LogP contribution is -2.44. The number of halogens is 1. The molecule has 0 atom stereocenters. The minimum atomic E-state index is -3.54. The van der Waals surface area contributed by atoms with Crippen LogP contribution in [-0.2, 0) is 20.2 Å². The maximum Gasteiger partial charge on any atom is 0.250 e. The molecule has 1 aliphatic rings. The third-order valence-electron chi connectivity index (χ3n) is 4.25. The van der Waals surface area contributed by atoms with E-state index in [0.717, 1.165) is 5.56 Å². The fourth-order valence-corrected chi connectivity index (χ4v) is 5.03. The minimum Gasteiger partial charge on any atom is -0.381 e. The van der Waals surface area contributed by atoms with Gasteiger partial charge < -0.3 is 4.74 Å². The summed E-state index contributed by atoms with van der Waals surface area (Å²) in [5, 5.41) is 1.73. The van der Waals surface area contributed by atoms with Crippen molar-refractivity contribution in [3.8, 4) is 0 Å². The number of hydrogen-bond donors (Lipinski definition) is 1. The number of rotatable bonds is 5. The quantitative estimate of drug-likeness (QED) is 0.897. The standard InChI is InChI=1S/C16H18FNO3S2/c17-14-4-1-3-13(11-14)16(6-8-21-9-7-16)12-18-23(19,20)15-5-2-10-22-15/h1-5,10-11,18H,6-9,12H2. The fourth-order valence-electron chi connectivity index (χ4n) is 2.87. The molecule has 1 N–H and O–H groups in total. The smallest absolute Gasteiger partial charge is 0.250 e. The summed E-state index contributed by atoms with van der Waals surface area (Å²) in [6, 6.07) is 9.68. The molecule has 7 heteroatoms. The minimum absolute atomic E-state index is 0.236. The first-order valence-electron chi connectivity index (χ1n) is 7.39. The molecule has 1 aliphatic heterocycles. The maximum absolute atomic E-state index is 13.6. The molecule has 0 spiro atoms. The average Bonchev–Trinajstić information content (AvgIpc) is 3.09. The third kappa shape index (κ3) is 3.63. The Labute approximate surface area is 139 Å². The van der Waals surface area contributed by atoms with Gasteiger partial charge in [-0.2, -0.15) is 0 Å². The molecule has 1 aromatic carbocycles. The number of sulfonamides is 1. The van der Waals surface area contributed by atoms with E-state index in [4.69, 9.17) is 4.74 Å². The average molecular weight is 355 g/mol. The van der Waals surface area contributed by atoms with E-state index in [1.165, 1.54) is 23.5 Å². The third-order valence-corrected chi connectivity index (χ3v) is 7.05. The van der Waals surface area contributed by atoms with Gasteiger partial charge in [0.25, 0.3) is 0 Å². The van der Waals surface area contributed by atoms with Crippen LogP contribution in [0, 0.1) is 5.82 Å². The van der Waals surface area contributed by atoms with E-state index >= 15 is 0 Å². The van der Waals surface area contributed by atoms with Gasteiger partial charge in [0.2, 0.25) is 10.0 Å². The van der Waals surface area contributed by atoms with Crippen molar-refractivity contribution in [1.29, 1.82) is 0 Å². The molecule has 4 nitrogen and oxygen atoms in total. The summed E-state index contributed by atoms with van der Waals surface area (Å²) in [5.41, 5.74) is 0.375. The normalized spacial score (nSPS) is 18.0. The zero-order chi connectivity index (χ0) is 16.3. The Kier molecular flexibility index (Phi) is 4.82. The Balaban J connectivity index is 1.86. The SMILES string of the molecule is O=S(=O)(NCC1(c2cccc(F)c2)CCOCC1)c1cccs1. The largest absolute Gasteiger partial charge is 0.381 e. The van der Waals surface area contributed by atoms with Crippen molar-refractivity contribution in [2.24, 2.45) is 0 Å². The Morgan fingerprint density at radius 2 is 2.00 bits per heavy atom. The van der Waals surface area contributed by atoms with E-state index in [9.17, 15) is 12.8 Å². The highest BCUT2D eigenvalue weighted by Crippen LogP contribution is 2.35. The molecule has 0 saturated carbocycles. The van der Waals surface area contributed by atoms with Gasteiger partial charge in [-0.3, -0.25) is 0 Å². The zero-order valence-corrected chi connectivity index (χ0v) is 14.1. The van der Waals surface area contributed by atoms with E-state index in [2.05, 4.69) is 4.72 Å². The van der Waals surface area contributed by atoms with Gasteiger partial charge in [-0.05, 0) is 42.0 Å². The van der Waals surface area contributed by atoms with Crippen molar-refractivity contribution in [3.05, 3.63) is 53.2 Å². The highest BCUT2D eigenvalue weighted by Gasteiger charge is 2.36. The Morgan fingerprint density at radius 1 is 1.22 bits per heavy atom. The van der Waals surface area contributed by atoms with Crippen LogP contribution < -0.4 is 4.72 Å². The molecular weight excluding hydrogens is 337 g/mol. The molecule has 0 amide bonds. The molecule has 2 aromatic rings. The molecule has 0 radical (unpaired) electrons. The molecule has 0 aliphatic carbocycles. The van der Waals surface area contributed by atoms with Crippen molar-refractivity contribution < 1.29 is 17.5 Å². The lowest BCUT2D eigenvalue weighted by atomic mass is 9.74. The highest BCUT2D eigenvalue weighted by atomic mass is 32.2. The van der Waals surface area contributed by atoms with Gasteiger partial charge >= 0.3 is 0 Å². The molecule has 3 rings (SSSR count). The second-order valence-corrected chi connectivity index (χ2v) is 8.60. The van der Waals surface area contributed by atoms with Crippen molar-refractivity contribution in [2.75, 3.05) is 19.8 Å². The Bertz CT molecular complexity index is 753. The second kappa shape index (κ2) is 6.68. The lowest BCUT2D eigenvalue weighted by Gasteiger charge is -2.37. The second-order valence-electron chi connectivity index (χ2n) is 5.66. The van der Waals surface area contributed by atoms with E-state index in [1.54, 1.807) is 23.6 Å². The van der Waals surface area contributed by atoms with E-state index in [0.29, 0.717) is 30.3 Å². The molecular formula is C16H18FNO3S2. The topological polar surface area (TPSA) is 55.4 Å². The predicted molar refractivity (Wildman–Crippen MR) is 87.6 cm³/mol. The molecule has 23 heavy (non-hydrogen) atoms. The van der Waals surface area contributed by atoms with Crippen LogP contribution in [0.15, 0.2) is 46.0 Å². The summed E-state index contributed by atoms with van der Waals surface area (Å²) < 4.78 is 46.8. The number of ether oxygens (including phenoxy) is 1. The highest BCUT2D eigenvalue weighted by molar-refractivity contribution is 7.91. The molecule has 1 aromatic heterocycles. The van der Waals surface area contributed by atoms with E-state index in [1.807, 2.05) is 6.07 Å². The first kappa shape index (κ1) is 16.6. The van der Waals surface area contributed by atoms with Crippen LogP contribution in [0.3, 0.4) is 0 Å². The van der Waals surface area contributed by atoms with Crippen LogP contribution in [0.5, 0.6) is 0 Å². The van der Waals surface area contributed by atoms with Crippen LogP contribution in [0.25, 0.3) is 0 Å². The number of nitrogens with one attached hydrogen (secondary N) is 1. The molecule has 1 saturated heterocycles. The number of thiophene rings is 1. The van der Waals surface area contributed by atoms with Gasteiger partial charge in [-0.25, -0.2) is 17.5 Å². The van der Waals surface area contributed by atoms with Gasteiger partial charge in [0, 0.05) is 25.2 Å². The predicted octanol–water partition coefficient (Wildman–Crippen LogP) is 2.91. The lowest BCUT2D eigenvalue weighted by molar-refractivity contribution is 0.0516. The zero-order valence-electron chi connectivity index (χ0n) is 12.5. The fraction of sp³-hybridized carbons (Fsp3) is 0.375. The van der Waals surface area contributed by atoms with Crippen LogP contribution in [0.2, 0.25) is 0 Å². The molecule has 0 unspecified atom stereocenters. The van der Waals surface area contributed by atoms with Crippen LogP contribution in [-0.4, -0.2) is 28.2 Å². The van der Waals surface area contributed by atoms with Crippen molar-refractivity contribution in [2.45, 2.75) is 22.5 Å². The summed E-state index contributed by atoms with van der Waals surface area (Å²) >= 11 is 1.18. The summed E-state index contributed by atoms with van der Waals surface area (Å²) in [5.74, 6) is -0.311. The molecule has 1 fully saturated rings. The monoisotopic (exact) mass is 355 g/mol. The van der Waals surface area contributed by atoms with Gasteiger partial charge in [0.15, 0.2) is 0 Å². The van der Waals surface area contributed by atoms with Crippen LogP contribution in [0.4, 0.5) is 4.39 Å². The van der Waals surface area contributed by atoms with E-state index < -0.39 is 15.4 Å². The summed E-state index contributed by atoms with van der Waals surface area (Å²) in [6.45, 7) is 1.31. The maximum atomic E-state index is 13.6. The molecule has 0 bridgehead atoms. The van der Waals surface area contributed by atoms with E-state index in [-0.39, 0.29) is 12.4 Å². The van der Waals surface area contributed by atoms with Gasteiger partial charge in [0.1, 0.15) is 10.0 Å². The van der Waals surface area contributed by atoms with Crippen molar-refractivity contribution in [1.82, 2.24) is 4.72 Å². The van der Waals surface area contributed by atoms with Gasteiger partial charge in [-0.15, -0.1) is 11.3 Å². The van der Waals surface area contributed by atoms with Crippen molar-refractivity contribution in [3.63, 3.8) is 0 Å². The van der Waals surface area contributed by atoms with Gasteiger partial charge in [0.05, 0.1) is 0 Å². The first-order chi connectivity index (χ1) is 11.0. The Morgan fingerprint density at radius 3 is 2.65 bits per heavy atom. The number of benzene rings is 1. The number of hydrogen-bond acceptors (Lipinski definition) is 4. The first-order valence-corrected chi connectivity index (χ1v) is 9.75. The summed E-state index contributed by atoms with van der Waals surface area (Å²) in [6.07, 6.45) is 1.31.